The van der Waals surface area contributed by atoms with Crippen LogP contribution in [0, 0.1) is 0 Å². The first kappa shape index (κ1) is 23.0. The molecule has 2 rings (SSSR count). The maximum Gasteiger partial charge on any atom is 0.393 e. The molecule has 0 fully saturated rings. The largest absolute Gasteiger partial charge is 0.393 e. The van der Waals surface area contributed by atoms with Gasteiger partial charge in [-0.2, -0.15) is 21.6 Å². The highest BCUT2D eigenvalue weighted by molar-refractivity contribution is 7.99. The summed E-state index contributed by atoms with van der Waals surface area (Å²) >= 11 is 12.4. The minimum Gasteiger partial charge on any atom is -0.225 e. The monoisotopic (exact) mass is 492 g/mol. The van der Waals surface area contributed by atoms with Gasteiger partial charge in [0, 0.05) is 14.8 Å². The molecule has 0 amide bonds. The molecule has 0 aliphatic heterocycles. The molecule has 0 aliphatic carbocycles. The van der Waals surface area contributed by atoms with E-state index < -0.39 is 49.3 Å². The lowest BCUT2D eigenvalue weighted by atomic mass is 10.1. The third kappa shape index (κ3) is 6.09. The predicted octanol–water partition coefficient (Wildman–Crippen LogP) is 4.59. The standard InChI is InChI=1S/C14H9Cl2F3N2O4S3/c15-8-2-3-10(9(16)5-8)26-13-7(6-14(17,18)19)1-4-11(28(20,24)25)12(13)21-27(22)23/h1-5H,6H2,(H2,20,24,25). The Morgan fingerprint density at radius 3 is 2.29 bits per heavy atom. The number of sulfonamides is 1. The van der Waals surface area contributed by atoms with Crippen LogP contribution in [0.4, 0.5) is 18.9 Å². The SMILES string of the molecule is NS(=O)(=O)c1ccc(CC(F)(F)F)c(Sc2ccc(Cl)cc2Cl)c1N=S(=O)=O. The van der Waals surface area contributed by atoms with Gasteiger partial charge in [0.05, 0.1) is 11.4 Å². The van der Waals surface area contributed by atoms with Gasteiger partial charge in [-0.3, -0.25) is 0 Å². The highest BCUT2D eigenvalue weighted by atomic mass is 35.5. The molecule has 0 saturated carbocycles. The van der Waals surface area contributed by atoms with Crippen LogP contribution in [0.25, 0.3) is 0 Å². The van der Waals surface area contributed by atoms with Gasteiger partial charge in [-0.1, -0.05) is 41.0 Å². The minimum absolute atomic E-state index is 0.0608. The van der Waals surface area contributed by atoms with Crippen molar-refractivity contribution in [1.82, 2.24) is 0 Å². The Balaban J connectivity index is 2.84. The van der Waals surface area contributed by atoms with Crippen molar-refractivity contribution < 1.29 is 30.0 Å². The second kappa shape index (κ2) is 8.59. The van der Waals surface area contributed by atoms with Crippen LogP contribution in [-0.2, 0) is 26.9 Å². The summed E-state index contributed by atoms with van der Waals surface area (Å²) in [7, 11) is -7.65. The summed E-state index contributed by atoms with van der Waals surface area (Å²) < 4.78 is 87.8. The molecule has 28 heavy (non-hydrogen) atoms. The molecular weight excluding hydrogens is 484 g/mol. The first-order valence-corrected chi connectivity index (χ1v) is 11.1. The van der Waals surface area contributed by atoms with Crippen LogP contribution >= 0.6 is 35.0 Å². The summed E-state index contributed by atoms with van der Waals surface area (Å²) in [6.45, 7) is 0. The topological polar surface area (TPSA) is 107 Å². The molecule has 14 heteroatoms. The number of hydrogen-bond acceptors (Lipinski definition) is 6. The molecule has 2 N–H and O–H groups in total. The first-order valence-electron chi connectivity index (χ1n) is 6.97. The highest BCUT2D eigenvalue weighted by Crippen LogP contribution is 2.45. The van der Waals surface area contributed by atoms with Gasteiger partial charge in [0.25, 0.3) is 0 Å². The van der Waals surface area contributed by atoms with Crippen LogP contribution in [0.5, 0.6) is 0 Å². The van der Waals surface area contributed by atoms with E-state index in [9.17, 15) is 30.0 Å². The molecule has 0 radical (unpaired) electrons. The molecule has 0 unspecified atom stereocenters. The third-order valence-electron chi connectivity index (χ3n) is 3.15. The fraction of sp³-hybridized carbons (Fsp3) is 0.143. The van der Waals surface area contributed by atoms with E-state index in [-0.39, 0.29) is 19.8 Å². The molecule has 0 bridgehead atoms. The number of benzene rings is 2. The van der Waals surface area contributed by atoms with Gasteiger partial charge < -0.3 is 0 Å². The second-order valence-electron chi connectivity index (χ2n) is 5.22. The molecule has 0 heterocycles. The van der Waals surface area contributed by atoms with Gasteiger partial charge in [-0.15, -0.1) is 4.36 Å². The van der Waals surface area contributed by atoms with Gasteiger partial charge in [0.2, 0.25) is 10.0 Å². The van der Waals surface area contributed by atoms with Crippen LogP contribution < -0.4 is 5.14 Å². The molecule has 0 spiro atoms. The zero-order valence-electron chi connectivity index (χ0n) is 13.4. The van der Waals surface area contributed by atoms with Crippen molar-refractivity contribution in [1.29, 1.82) is 0 Å². The Bertz CT molecular complexity index is 1160. The van der Waals surface area contributed by atoms with Crippen molar-refractivity contribution in [3.63, 3.8) is 0 Å². The number of hydrogen-bond donors (Lipinski definition) is 1. The predicted molar refractivity (Wildman–Crippen MR) is 99.2 cm³/mol. The second-order valence-corrected chi connectivity index (χ2v) is 9.27. The molecule has 0 saturated heterocycles. The van der Waals surface area contributed by atoms with E-state index in [1.165, 1.54) is 18.2 Å². The summed E-state index contributed by atoms with van der Waals surface area (Å²) in [6, 6.07) is 5.78. The summed E-state index contributed by atoms with van der Waals surface area (Å²) in [6.07, 6.45) is -6.12. The van der Waals surface area contributed by atoms with Gasteiger partial charge in [0.1, 0.15) is 10.6 Å². The third-order valence-corrected chi connectivity index (χ3v) is 6.31. The van der Waals surface area contributed by atoms with E-state index in [4.69, 9.17) is 28.3 Å². The zero-order valence-corrected chi connectivity index (χ0v) is 17.3. The van der Waals surface area contributed by atoms with Crippen molar-refractivity contribution in [3.05, 3.63) is 45.9 Å². The number of halogens is 5. The molecule has 0 aromatic heterocycles. The Hall–Kier alpha value is -1.31. The van der Waals surface area contributed by atoms with Crippen LogP contribution in [0.3, 0.4) is 0 Å². The van der Waals surface area contributed by atoms with Crippen molar-refractivity contribution in [2.45, 2.75) is 27.3 Å². The summed E-state index contributed by atoms with van der Waals surface area (Å²) in [5, 5.41) is 5.38. The lowest BCUT2D eigenvalue weighted by Gasteiger charge is -2.16. The molecule has 2 aromatic carbocycles. The lowest BCUT2D eigenvalue weighted by molar-refractivity contribution is -0.127. The van der Waals surface area contributed by atoms with Crippen LogP contribution in [0.15, 0.2) is 49.4 Å². The maximum absolute atomic E-state index is 13.0. The number of nitrogens with two attached hydrogens (primary N) is 1. The number of primary sulfonamides is 1. The molecule has 6 nitrogen and oxygen atoms in total. The quantitative estimate of drug-likeness (QED) is 0.656. The molecule has 0 aliphatic rings. The average Bonchev–Trinajstić information content (AvgIpc) is 2.49. The van der Waals surface area contributed by atoms with Crippen LogP contribution in [0.2, 0.25) is 10.0 Å². The fourth-order valence-corrected chi connectivity index (χ4v) is 4.88. The first-order chi connectivity index (χ1) is 12.8. The van der Waals surface area contributed by atoms with E-state index >= 15 is 0 Å². The van der Waals surface area contributed by atoms with Crippen molar-refractivity contribution >= 4 is 61.2 Å². The van der Waals surface area contributed by atoms with Gasteiger partial charge in [0.15, 0.2) is 0 Å². The maximum atomic E-state index is 13.0. The molecule has 152 valence electrons. The van der Waals surface area contributed by atoms with Crippen molar-refractivity contribution in [2.24, 2.45) is 9.50 Å². The van der Waals surface area contributed by atoms with Crippen LogP contribution in [0.1, 0.15) is 5.56 Å². The number of alkyl halides is 3. The lowest BCUT2D eigenvalue weighted by Crippen LogP contribution is -2.15. The zero-order chi connectivity index (χ0) is 21.3. The van der Waals surface area contributed by atoms with E-state index in [0.29, 0.717) is 11.8 Å². The smallest absolute Gasteiger partial charge is 0.225 e. The summed E-state index contributed by atoms with van der Waals surface area (Å²) in [5.41, 5.74) is -1.13. The molecule has 2 aromatic rings. The minimum atomic E-state index is -4.66. The Kier molecular flexibility index (Phi) is 7.05. The van der Waals surface area contributed by atoms with E-state index in [1.807, 2.05) is 0 Å². The molecule has 0 atom stereocenters. The van der Waals surface area contributed by atoms with Gasteiger partial charge in [-0.25, -0.2) is 13.6 Å². The van der Waals surface area contributed by atoms with Gasteiger partial charge in [-0.05, 0) is 29.8 Å². The number of rotatable bonds is 5. The van der Waals surface area contributed by atoms with E-state index in [2.05, 4.69) is 4.36 Å². The van der Waals surface area contributed by atoms with Crippen LogP contribution in [-0.4, -0.2) is 23.0 Å². The fourth-order valence-electron chi connectivity index (χ4n) is 2.12. The Morgan fingerprint density at radius 1 is 1.14 bits per heavy atom. The average molecular weight is 493 g/mol. The summed E-state index contributed by atoms with van der Waals surface area (Å²) in [5.74, 6) is 0. The van der Waals surface area contributed by atoms with Crippen molar-refractivity contribution in [2.75, 3.05) is 0 Å². The summed E-state index contributed by atoms with van der Waals surface area (Å²) in [4.78, 5) is -0.901. The Morgan fingerprint density at radius 2 is 1.79 bits per heavy atom. The van der Waals surface area contributed by atoms with Gasteiger partial charge >= 0.3 is 16.7 Å². The van der Waals surface area contributed by atoms with E-state index in [0.717, 1.165) is 12.1 Å². The Labute approximate surface area is 173 Å². The van der Waals surface area contributed by atoms with E-state index in [1.54, 1.807) is 0 Å². The normalized spacial score (nSPS) is 12.1. The molecular formula is C14H9Cl2F3N2O4S3. The highest BCUT2D eigenvalue weighted by Gasteiger charge is 2.31. The van der Waals surface area contributed by atoms with Crippen molar-refractivity contribution in [3.8, 4) is 0 Å². The number of nitrogens with zero attached hydrogens (tertiary/aromatic N) is 1.